The van der Waals surface area contributed by atoms with Crippen molar-refractivity contribution in [3.8, 4) is 0 Å². The first-order valence-corrected chi connectivity index (χ1v) is 7.31. The minimum atomic E-state index is 0.612. The number of rotatable bonds is 7. The fourth-order valence-corrected chi connectivity index (χ4v) is 2.55. The first-order chi connectivity index (χ1) is 9.27. The summed E-state index contributed by atoms with van der Waals surface area (Å²) >= 11 is 5.89. The van der Waals surface area contributed by atoms with Gasteiger partial charge in [0.2, 0.25) is 0 Å². The number of fused-ring (bicyclic) bond motifs is 1. The molecule has 0 fully saturated rings. The Balaban J connectivity index is 2.27. The summed E-state index contributed by atoms with van der Waals surface area (Å²) in [7, 11) is 1.74. The van der Waals surface area contributed by atoms with E-state index in [0.717, 1.165) is 43.8 Å². The highest BCUT2D eigenvalue weighted by molar-refractivity contribution is 6.17. The maximum absolute atomic E-state index is 5.89. The number of ether oxygens (including phenoxy) is 1. The van der Waals surface area contributed by atoms with Crippen LogP contribution in [-0.4, -0.2) is 29.1 Å². The predicted molar refractivity (Wildman–Crippen MR) is 80.0 cm³/mol. The van der Waals surface area contributed by atoms with Crippen LogP contribution in [0.3, 0.4) is 0 Å². The average molecular weight is 281 g/mol. The number of halogens is 1. The van der Waals surface area contributed by atoms with Crippen molar-refractivity contribution in [1.29, 1.82) is 0 Å². The lowest BCUT2D eigenvalue weighted by Gasteiger charge is -2.08. The minimum Gasteiger partial charge on any atom is -0.385 e. The molecule has 0 atom stereocenters. The van der Waals surface area contributed by atoms with Crippen molar-refractivity contribution in [2.75, 3.05) is 19.6 Å². The van der Waals surface area contributed by atoms with Crippen molar-refractivity contribution in [1.82, 2.24) is 9.55 Å². The summed E-state index contributed by atoms with van der Waals surface area (Å²) in [4.78, 5) is 4.75. The molecule has 0 amide bonds. The van der Waals surface area contributed by atoms with Crippen LogP contribution < -0.4 is 0 Å². The number of hydrogen-bond donors (Lipinski definition) is 0. The van der Waals surface area contributed by atoms with Gasteiger partial charge in [0.15, 0.2) is 0 Å². The molecule has 3 nitrogen and oxygen atoms in total. The smallest absolute Gasteiger partial charge is 0.111 e. The van der Waals surface area contributed by atoms with Crippen LogP contribution >= 0.6 is 11.6 Å². The quantitative estimate of drug-likeness (QED) is 0.573. The van der Waals surface area contributed by atoms with Crippen molar-refractivity contribution in [3.05, 3.63) is 29.6 Å². The molecule has 0 aliphatic carbocycles. The van der Waals surface area contributed by atoms with E-state index < -0.39 is 0 Å². The third-order valence-electron chi connectivity index (χ3n) is 3.36. The van der Waals surface area contributed by atoms with Gasteiger partial charge in [0.1, 0.15) is 5.82 Å². The second kappa shape index (κ2) is 6.92. The third-order valence-corrected chi connectivity index (χ3v) is 3.55. The van der Waals surface area contributed by atoms with Crippen molar-refractivity contribution < 1.29 is 4.74 Å². The molecule has 0 saturated heterocycles. The van der Waals surface area contributed by atoms with Crippen LogP contribution in [0.1, 0.15) is 24.2 Å². The number of alkyl halides is 1. The van der Waals surface area contributed by atoms with E-state index in [4.69, 9.17) is 21.3 Å². The van der Waals surface area contributed by atoms with Gasteiger partial charge in [-0.3, -0.25) is 0 Å². The lowest BCUT2D eigenvalue weighted by atomic mass is 10.2. The number of benzene rings is 1. The number of imidazole rings is 1. The van der Waals surface area contributed by atoms with Gasteiger partial charge in [0, 0.05) is 32.6 Å². The average Bonchev–Trinajstić information content (AvgIpc) is 2.75. The first-order valence-electron chi connectivity index (χ1n) is 6.77. The molecule has 0 aliphatic rings. The molecule has 0 spiro atoms. The van der Waals surface area contributed by atoms with E-state index in [-0.39, 0.29) is 0 Å². The lowest BCUT2D eigenvalue weighted by molar-refractivity contribution is 0.191. The molecule has 1 aromatic heterocycles. The van der Waals surface area contributed by atoms with Crippen LogP contribution in [0.5, 0.6) is 0 Å². The topological polar surface area (TPSA) is 27.1 Å². The van der Waals surface area contributed by atoms with Crippen LogP contribution in [0.2, 0.25) is 0 Å². The Hall–Kier alpha value is -1.06. The molecule has 0 aliphatic heterocycles. The Morgan fingerprint density at radius 3 is 2.89 bits per heavy atom. The summed E-state index contributed by atoms with van der Waals surface area (Å²) in [6, 6.07) is 6.34. The number of aryl methyl sites for hydroxylation is 3. The zero-order valence-corrected chi connectivity index (χ0v) is 12.4. The van der Waals surface area contributed by atoms with Crippen molar-refractivity contribution in [3.63, 3.8) is 0 Å². The molecule has 104 valence electrons. The van der Waals surface area contributed by atoms with Gasteiger partial charge in [-0.2, -0.15) is 0 Å². The van der Waals surface area contributed by atoms with E-state index in [0.29, 0.717) is 5.88 Å². The van der Waals surface area contributed by atoms with Crippen LogP contribution in [-0.2, 0) is 17.7 Å². The second-order valence-electron chi connectivity index (χ2n) is 4.76. The zero-order chi connectivity index (χ0) is 13.7. The van der Waals surface area contributed by atoms with Gasteiger partial charge in [-0.25, -0.2) is 4.98 Å². The molecule has 0 unspecified atom stereocenters. The van der Waals surface area contributed by atoms with E-state index in [1.54, 1.807) is 7.11 Å². The molecular weight excluding hydrogens is 260 g/mol. The molecule has 4 heteroatoms. The summed E-state index contributed by atoms with van der Waals surface area (Å²) in [6.45, 7) is 3.90. The Kier molecular flexibility index (Phi) is 5.23. The maximum atomic E-state index is 5.89. The molecule has 2 rings (SSSR count). The molecule has 0 N–H and O–H groups in total. The van der Waals surface area contributed by atoms with Crippen LogP contribution in [0.15, 0.2) is 18.2 Å². The number of unbranched alkanes of at least 4 members (excludes halogenated alkanes) is 1. The largest absolute Gasteiger partial charge is 0.385 e. The normalized spacial score (nSPS) is 11.3. The number of aromatic nitrogens is 2. The first kappa shape index (κ1) is 14.4. The lowest BCUT2D eigenvalue weighted by Crippen LogP contribution is -2.05. The molecule has 1 aromatic carbocycles. The van der Waals surface area contributed by atoms with Crippen LogP contribution in [0.25, 0.3) is 11.0 Å². The van der Waals surface area contributed by atoms with Gasteiger partial charge >= 0.3 is 0 Å². The Morgan fingerprint density at radius 2 is 2.16 bits per heavy atom. The van der Waals surface area contributed by atoms with Crippen LogP contribution in [0, 0.1) is 6.92 Å². The van der Waals surface area contributed by atoms with Gasteiger partial charge in [-0.1, -0.05) is 12.1 Å². The number of methoxy groups -OCH3 is 1. The zero-order valence-electron chi connectivity index (χ0n) is 11.7. The molecule has 0 bridgehead atoms. The van der Waals surface area contributed by atoms with Gasteiger partial charge in [0.25, 0.3) is 0 Å². The number of hydrogen-bond acceptors (Lipinski definition) is 2. The highest BCUT2D eigenvalue weighted by atomic mass is 35.5. The fraction of sp³-hybridized carbons (Fsp3) is 0.533. The van der Waals surface area contributed by atoms with Crippen molar-refractivity contribution in [2.45, 2.75) is 32.7 Å². The van der Waals surface area contributed by atoms with E-state index >= 15 is 0 Å². The Morgan fingerprint density at radius 1 is 1.32 bits per heavy atom. The molecule has 19 heavy (non-hydrogen) atoms. The molecule has 0 saturated carbocycles. The van der Waals surface area contributed by atoms with Gasteiger partial charge in [0.05, 0.1) is 11.0 Å². The van der Waals surface area contributed by atoms with Gasteiger partial charge in [-0.05, 0) is 31.4 Å². The maximum Gasteiger partial charge on any atom is 0.111 e. The summed E-state index contributed by atoms with van der Waals surface area (Å²) < 4.78 is 7.41. The summed E-state index contributed by atoms with van der Waals surface area (Å²) in [6.07, 6.45) is 2.99. The highest BCUT2D eigenvalue weighted by Crippen LogP contribution is 2.21. The summed E-state index contributed by atoms with van der Waals surface area (Å²) in [5.74, 6) is 1.71. The highest BCUT2D eigenvalue weighted by Gasteiger charge is 2.11. The summed E-state index contributed by atoms with van der Waals surface area (Å²) in [5.41, 5.74) is 3.55. The molecule has 2 aromatic rings. The van der Waals surface area contributed by atoms with Gasteiger partial charge in [-0.15, -0.1) is 11.6 Å². The molecule has 0 radical (unpaired) electrons. The van der Waals surface area contributed by atoms with E-state index in [2.05, 4.69) is 29.7 Å². The van der Waals surface area contributed by atoms with Crippen LogP contribution in [0.4, 0.5) is 0 Å². The van der Waals surface area contributed by atoms with Gasteiger partial charge < -0.3 is 9.30 Å². The Bertz CT molecular complexity index is 536. The standard InChI is InChI=1S/C15H21ClN2O/c1-12-6-5-7-13-15(12)17-14(8-9-16)18(13)10-3-4-11-19-2/h5-7H,3-4,8-11H2,1-2H3. The molecule has 1 heterocycles. The minimum absolute atomic E-state index is 0.612. The number of para-hydroxylation sites is 1. The third kappa shape index (κ3) is 3.28. The summed E-state index contributed by atoms with van der Waals surface area (Å²) in [5, 5.41) is 0. The SMILES string of the molecule is COCCCCn1c(CCCl)nc2c(C)cccc21. The monoisotopic (exact) mass is 280 g/mol. The molecular formula is C15H21ClN2O. The fourth-order valence-electron chi connectivity index (χ4n) is 2.38. The second-order valence-corrected chi connectivity index (χ2v) is 5.14. The van der Waals surface area contributed by atoms with E-state index in [1.165, 1.54) is 11.1 Å². The van der Waals surface area contributed by atoms with Crippen molar-refractivity contribution >= 4 is 22.6 Å². The Labute approximate surface area is 119 Å². The van der Waals surface area contributed by atoms with E-state index in [9.17, 15) is 0 Å². The van der Waals surface area contributed by atoms with E-state index in [1.807, 2.05) is 0 Å². The van der Waals surface area contributed by atoms with Crippen molar-refractivity contribution in [2.24, 2.45) is 0 Å². The number of nitrogens with zero attached hydrogens (tertiary/aromatic N) is 2. The predicted octanol–water partition coefficient (Wildman–Crippen LogP) is 3.55.